The van der Waals surface area contributed by atoms with Crippen molar-refractivity contribution in [1.82, 2.24) is 10.2 Å². The lowest BCUT2D eigenvalue weighted by molar-refractivity contribution is 0.0912. The van der Waals surface area contributed by atoms with Crippen molar-refractivity contribution in [3.63, 3.8) is 0 Å². The smallest absolute Gasteiger partial charge is 0.0178 e. The fraction of sp³-hybridized carbons (Fsp3) is 1.00. The van der Waals surface area contributed by atoms with Gasteiger partial charge in [0.25, 0.3) is 0 Å². The van der Waals surface area contributed by atoms with E-state index in [2.05, 4.69) is 37.9 Å². The molecule has 4 atom stereocenters. The minimum atomic E-state index is 0.489. The molecule has 1 aliphatic heterocycles. The summed E-state index contributed by atoms with van der Waals surface area (Å²) in [5.74, 6) is 0.951. The molecule has 1 N–H and O–H groups in total. The van der Waals surface area contributed by atoms with Crippen molar-refractivity contribution < 1.29 is 0 Å². The summed E-state index contributed by atoms with van der Waals surface area (Å²) in [6.45, 7) is 13.8. The number of nitrogens with zero attached hydrogens (tertiary/aromatic N) is 1. The average Bonchev–Trinajstić information content (AvgIpc) is 2.87. The number of hydrogen-bond acceptors (Lipinski definition) is 2. The fourth-order valence-corrected chi connectivity index (χ4v) is 5.58. The summed E-state index contributed by atoms with van der Waals surface area (Å²) in [7, 11) is 0. The molecule has 0 radical (unpaired) electrons. The third kappa shape index (κ3) is 2.54. The Morgan fingerprint density at radius 3 is 2.45 bits per heavy atom. The minimum Gasteiger partial charge on any atom is -0.309 e. The Bertz CT molecular complexity index is 341. The zero-order valence-electron chi connectivity index (χ0n) is 14.0. The molecule has 2 heteroatoms. The van der Waals surface area contributed by atoms with Crippen LogP contribution in [0.3, 0.4) is 0 Å². The monoisotopic (exact) mass is 278 g/mol. The zero-order valence-corrected chi connectivity index (χ0v) is 14.0. The van der Waals surface area contributed by atoms with Crippen LogP contribution in [-0.2, 0) is 0 Å². The van der Waals surface area contributed by atoms with Crippen LogP contribution in [0.1, 0.15) is 66.2 Å². The third-order valence-electron chi connectivity index (χ3n) is 6.70. The number of rotatable bonds is 4. The van der Waals surface area contributed by atoms with E-state index in [-0.39, 0.29) is 0 Å². The molecule has 20 heavy (non-hydrogen) atoms. The van der Waals surface area contributed by atoms with Crippen molar-refractivity contribution in [1.29, 1.82) is 0 Å². The summed E-state index contributed by atoms with van der Waals surface area (Å²) in [6, 6.07) is 1.35. The van der Waals surface area contributed by atoms with E-state index in [0.717, 1.165) is 5.92 Å². The van der Waals surface area contributed by atoms with E-state index in [9.17, 15) is 0 Å². The van der Waals surface area contributed by atoms with E-state index in [0.29, 0.717) is 22.9 Å². The van der Waals surface area contributed by atoms with Gasteiger partial charge in [-0.2, -0.15) is 0 Å². The van der Waals surface area contributed by atoms with Crippen LogP contribution in [-0.4, -0.2) is 36.6 Å². The lowest BCUT2D eigenvalue weighted by atomic mass is 9.68. The topological polar surface area (TPSA) is 15.3 Å². The Kier molecular flexibility index (Phi) is 3.92. The molecule has 3 rings (SSSR count). The van der Waals surface area contributed by atoms with Crippen LogP contribution in [0.25, 0.3) is 0 Å². The molecule has 1 heterocycles. The summed E-state index contributed by atoms with van der Waals surface area (Å²) in [5.41, 5.74) is 1.05. The van der Waals surface area contributed by atoms with Crippen molar-refractivity contribution >= 4 is 0 Å². The maximum atomic E-state index is 4.05. The fourth-order valence-electron chi connectivity index (χ4n) is 5.58. The van der Waals surface area contributed by atoms with E-state index in [1.807, 2.05) is 0 Å². The van der Waals surface area contributed by atoms with Gasteiger partial charge in [-0.25, -0.2) is 0 Å². The second-order valence-electron chi connectivity index (χ2n) is 8.78. The minimum absolute atomic E-state index is 0.489. The summed E-state index contributed by atoms with van der Waals surface area (Å²) in [5, 5.41) is 4.05. The first-order valence-corrected chi connectivity index (χ1v) is 8.90. The molecule has 2 saturated carbocycles. The highest BCUT2D eigenvalue weighted by Gasteiger charge is 2.59. The highest BCUT2D eigenvalue weighted by atomic mass is 15.2. The molecule has 0 aromatic carbocycles. The molecule has 0 aromatic heterocycles. The third-order valence-corrected chi connectivity index (χ3v) is 6.70. The normalized spacial score (nSPS) is 42.0. The molecule has 2 aliphatic carbocycles. The van der Waals surface area contributed by atoms with Gasteiger partial charge in [-0.05, 0) is 68.9 Å². The molecule has 1 saturated heterocycles. The predicted molar refractivity (Wildman–Crippen MR) is 85.9 cm³/mol. The average molecular weight is 278 g/mol. The molecule has 3 aliphatic rings. The molecule has 0 aromatic rings. The van der Waals surface area contributed by atoms with Gasteiger partial charge in [-0.15, -0.1) is 0 Å². The van der Waals surface area contributed by atoms with E-state index in [1.54, 1.807) is 0 Å². The highest BCUT2D eigenvalue weighted by molar-refractivity contribution is 5.12. The van der Waals surface area contributed by atoms with Crippen LogP contribution in [0.4, 0.5) is 0 Å². The van der Waals surface area contributed by atoms with Crippen molar-refractivity contribution in [2.75, 3.05) is 19.6 Å². The summed E-state index contributed by atoms with van der Waals surface area (Å²) >= 11 is 0. The molecular formula is C18H34N2. The molecular weight excluding hydrogens is 244 g/mol. The summed E-state index contributed by atoms with van der Waals surface area (Å²) in [6.07, 6.45) is 8.60. The van der Waals surface area contributed by atoms with Crippen LogP contribution in [0.2, 0.25) is 0 Å². The lowest BCUT2D eigenvalue weighted by Gasteiger charge is -2.45. The van der Waals surface area contributed by atoms with E-state index >= 15 is 0 Å². The van der Waals surface area contributed by atoms with Crippen molar-refractivity contribution in [2.45, 2.75) is 78.3 Å². The summed E-state index contributed by atoms with van der Waals surface area (Å²) < 4.78 is 0. The van der Waals surface area contributed by atoms with Crippen LogP contribution >= 0.6 is 0 Å². The van der Waals surface area contributed by atoms with Crippen LogP contribution in [0.5, 0.6) is 0 Å². The predicted octanol–water partition coefficient (Wildman–Crippen LogP) is 3.67. The Balaban J connectivity index is 1.59. The van der Waals surface area contributed by atoms with Gasteiger partial charge in [-0.3, -0.25) is 0 Å². The Morgan fingerprint density at radius 2 is 1.85 bits per heavy atom. The van der Waals surface area contributed by atoms with Gasteiger partial charge in [-0.1, -0.05) is 27.2 Å². The van der Waals surface area contributed by atoms with Crippen molar-refractivity contribution in [2.24, 2.45) is 16.7 Å². The van der Waals surface area contributed by atoms with Gasteiger partial charge in [0.2, 0.25) is 0 Å². The highest BCUT2D eigenvalue weighted by Crippen LogP contribution is 2.62. The largest absolute Gasteiger partial charge is 0.309 e. The molecule has 2 unspecified atom stereocenters. The van der Waals surface area contributed by atoms with Crippen molar-refractivity contribution in [3.05, 3.63) is 0 Å². The molecule has 0 spiro atoms. The van der Waals surface area contributed by atoms with Gasteiger partial charge in [0.05, 0.1) is 0 Å². The number of nitrogens with one attached hydrogen (secondary N) is 1. The first-order valence-electron chi connectivity index (χ1n) is 8.90. The number of hydrogen-bond donors (Lipinski definition) is 1. The van der Waals surface area contributed by atoms with E-state index in [1.165, 1.54) is 58.2 Å². The molecule has 0 amide bonds. The van der Waals surface area contributed by atoms with Gasteiger partial charge >= 0.3 is 0 Å². The SMILES string of the molecule is CC(CN1CCCCC1)NC1C(C)(C)[C@H]2CC[C@]1(C)C2. The number of piperidine rings is 1. The van der Waals surface area contributed by atoms with Crippen LogP contribution in [0.15, 0.2) is 0 Å². The maximum absolute atomic E-state index is 4.05. The standard InChI is InChI=1S/C18H34N2/c1-14(13-20-10-6-5-7-11-20)19-16-17(2,3)15-8-9-18(16,4)12-15/h14-16,19H,5-13H2,1-4H3/t14?,15-,16?,18+/m0/s1. The number of likely N-dealkylation sites (tertiary alicyclic amines) is 1. The first kappa shape index (κ1) is 14.8. The Hall–Kier alpha value is -0.0800. The van der Waals surface area contributed by atoms with Crippen LogP contribution in [0, 0.1) is 16.7 Å². The zero-order chi connectivity index (χ0) is 14.4. The number of fused-ring (bicyclic) bond motifs is 2. The molecule has 2 nitrogen and oxygen atoms in total. The maximum Gasteiger partial charge on any atom is 0.0178 e. The first-order chi connectivity index (χ1) is 9.42. The van der Waals surface area contributed by atoms with Gasteiger partial charge in [0.1, 0.15) is 0 Å². The molecule has 2 bridgehead atoms. The second kappa shape index (κ2) is 5.28. The molecule has 3 fully saturated rings. The van der Waals surface area contributed by atoms with Crippen LogP contribution < -0.4 is 5.32 Å². The van der Waals surface area contributed by atoms with Gasteiger partial charge in [0, 0.05) is 18.6 Å². The van der Waals surface area contributed by atoms with E-state index in [4.69, 9.17) is 0 Å². The Morgan fingerprint density at radius 1 is 1.15 bits per heavy atom. The van der Waals surface area contributed by atoms with Gasteiger partial charge in [0.15, 0.2) is 0 Å². The van der Waals surface area contributed by atoms with Gasteiger partial charge < -0.3 is 10.2 Å². The van der Waals surface area contributed by atoms with Crippen molar-refractivity contribution in [3.8, 4) is 0 Å². The quantitative estimate of drug-likeness (QED) is 0.844. The lowest BCUT2D eigenvalue weighted by Crippen LogP contribution is -2.55. The summed E-state index contributed by atoms with van der Waals surface area (Å²) in [4.78, 5) is 2.67. The second-order valence-corrected chi connectivity index (χ2v) is 8.78. The molecule has 116 valence electrons. The Labute approximate surface area is 125 Å². The van der Waals surface area contributed by atoms with E-state index < -0.39 is 0 Å².